The van der Waals surface area contributed by atoms with Gasteiger partial charge < -0.3 is 10.0 Å². The SMILES string of the molecule is C=C1CC(N2CCCC2)=NC(c2ccccc2O)=N/C1=C/C(C)=C\C. The zero-order valence-electron chi connectivity index (χ0n) is 15.0. The number of hydrogen-bond acceptors (Lipinski definition) is 4. The molecule has 0 aliphatic carbocycles. The van der Waals surface area contributed by atoms with Crippen LogP contribution in [0.2, 0.25) is 0 Å². The van der Waals surface area contributed by atoms with Crippen molar-refractivity contribution < 1.29 is 5.11 Å². The molecule has 0 unspecified atom stereocenters. The zero-order chi connectivity index (χ0) is 17.8. The van der Waals surface area contributed by atoms with Crippen LogP contribution in [0.5, 0.6) is 5.75 Å². The predicted octanol–water partition coefficient (Wildman–Crippen LogP) is 4.44. The lowest BCUT2D eigenvalue weighted by Crippen LogP contribution is -2.28. The van der Waals surface area contributed by atoms with Crippen molar-refractivity contribution in [3.05, 3.63) is 65.4 Å². The van der Waals surface area contributed by atoms with Crippen molar-refractivity contribution in [2.45, 2.75) is 33.1 Å². The molecule has 3 rings (SSSR count). The van der Waals surface area contributed by atoms with Gasteiger partial charge in [0, 0.05) is 19.5 Å². The van der Waals surface area contributed by atoms with Crippen LogP contribution in [0.1, 0.15) is 38.7 Å². The fourth-order valence-corrected chi connectivity index (χ4v) is 3.04. The maximum atomic E-state index is 10.3. The number of phenols is 1. The fourth-order valence-electron chi connectivity index (χ4n) is 3.04. The van der Waals surface area contributed by atoms with E-state index in [1.807, 2.05) is 38.1 Å². The second-order valence-corrected chi connectivity index (χ2v) is 6.52. The summed E-state index contributed by atoms with van der Waals surface area (Å²) in [5, 5.41) is 10.3. The summed E-state index contributed by atoms with van der Waals surface area (Å²) in [7, 11) is 0. The molecule has 1 fully saturated rings. The Morgan fingerprint density at radius 3 is 2.60 bits per heavy atom. The number of aromatic hydroxyl groups is 1. The molecule has 0 bridgehead atoms. The van der Waals surface area contributed by atoms with Crippen molar-refractivity contribution in [3.63, 3.8) is 0 Å². The van der Waals surface area contributed by atoms with E-state index in [9.17, 15) is 5.11 Å². The molecule has 2 heterocycles. The number of allylic oxidation sites excluding steroid dienone is 4. The van der Waals surface area contributed by atoms with Crippen LogP contribution in [-0.4, -0.2) is 34.8 Å². The van der Waals surface area contributed by atoms with Gasteiger partial charge in [-0.3, -0.25) is 0 Å². The smallest absolute Gasteiger partial charge is 0.165 e. The molecule has 0 spiro atoms. The number of likely N-dealkylation sites (tertiary alicyclic amines) is 1. The van der Waals surface area contributed by atoms with E-state index in [2.05, 4.69) is 11.5 Å². The Kier molecular flexibility index (Phi) is 5.17. The number of amidine groups is 2. The lowest BCUT2D eigenvalue weighted by molar-refractivity contribution is 0.474. The molecule has 0 radical (unpaired) electrons. The molecular weight excluding hydrogens is 310 g/mol. The van der Waals surface area contributed by atoms with Gasteiger partial charge >= 0.3 is 0 Å². The third-order valence-corrected chi connectivity index (χ3v) is 4.63. The van der Waals surface area contributed by atoms with E-state index in [1.54, 1.807) is 12.1 Å². The molecular formula is C21H25N3O. The van der Waals surface area contributed by atoms with Gasteiger partial charge in [-0.1, -0.05) is 30.4 Å². The molecule has 2 aliphatic rings. The maximum Gasteiger partial charge on any atom is 0.165 e. The zero-order valence-corrected chi connectivity index (χ0v) is 15.0. The highest BCUT2D eigenvalue weighted by atomic mass is 16.3. The van der Waals surface area contributed by atoms with Crippen molar-refractivity contribution >= 4 is 11.7 Å². The highest BCUT2D eigenvalue weighted by Gasteiger charge is 2.22. The van der Waals surface area contributed by atoms with E-state index >= 15 is 0 Å². The summed E-state index contributed by atoms with van der Waals surface area (Å²) < 4.78 is 0. The number of rotatable bonds is 2. The monoisotopic (exact) mass is 335 g/mol. The first-order chi connectivity index (χ1) is 12.1. The lowest BCUT2D eigenvalue weighted by Gasteiger charge is -2.19. The summed E-state index contributed by atoms with van der Waals surface area (Å²) in [6.07, 6.45) is 7.14. The topological polar surface area (TPSA) is 48.2 Å². The second kappa shape index (κ2) is 7.51. The summed E-state index contributed by atoms with van der Waals surface area (Å²) in [6, 6.07) is 7.22. The Morgan fingerprint density at radius 1 is 1.20 bits per heavy atom. The van der Waals surface area contributed by atoms with Crippen molar-refractivity contribution in [3.8, 4) is 5.75 Å². The number of phenolic OH excluding ortho intramolecular Hbond substituents is 1. The van der Waals surface area contributed by atoms with Crippen LogP contribution in [0.4, 0.5) is 0 Å². The van der Waals surface area contributed by atoms with Gasteiger partial charge in [-0.25, -0.2) is 9.98 Å². The van der Waals surface area contributed by atoms with Crippen molar-refractivity contribution in [1.82, 2.24) is 4.90 Å². The highest BCUT2D eigenvalue weighted by molar-refractivity contribution is 6.10. The highest BCUT2D eigenvalue weighted by Crippen LogP contribution is 2.27. The van der Waals surface area contributed by atoms with Gasteiger partial charge in [0.1, 0.15) is 11.6 Å². The summed E-state index contributed by atoms with van der Waals surface area (Å²) in [5.74, 6) is 1.74. The molecule has 4 heteroatoms. The Morgan fingerprint density at radius 2 is 1.92 bits per heavy atom. The number of aliphatic imine (C=N–C) groups is 2. The maximum absolute atomic E-state index is 10.3. The summed E-state index contributed by atoms with van der Waals surface area (Å²) >= 11 is 0. The average molecular weight is 335 g/mol. The Hall–Kier alpha value is -2.62. The van der Waals surface area contributed by atoms with Crippen LogP contribution < -0.4 is 0 Å². The molecule has 1 aromatic carbocycles. The fraction of sp³-hybridized carbons (Fsp3) is 0.333. The number of nitrogens with zero attached hydrogens (tertiary/aromatic N) is 3. The van der Waals surface area contributed by atoms with E-state index in [4.69, 9.17) is 9.98 Å². The van der Waals surface area contributed by atoms with Gasteiger partial charge in [-0.15, -0.1) is 0 Å². The minimum atomic E-state index is 0.195. The van der Waals surface area contributed by atoms with Crippen LogP contribution in [0.15, 0.2) is 69.8 Å². The Labute approximate surface area is 149 Å². The van der Waals surface area contributed by atoms with Gasteiger partial charge in [0.25, 0.3) is 0 Å². The van der Waals surface area contributed by atoms with Gasteiger partial charge in [0.2, 0.25) is 0 Å². The first kappa shape index (κ1) is 17.2. The molecule has 1 saturated heterocycles. The molecule has 2 aliphatic heterocycles. The Balaban J connectivity index is 2.09. The molecule has 1 N–H and O–H groups in total. The third-order valence-electron chi connectivity index (χ3n) is 4.63. The second-order valence-electron chi connectivity index (χ2n) is 6.52. The molecule has 0 saturated carbocycles. The minimum absolute atomic E-state index is 0.195. The summed E-state index contributed by atoms with van der Waals surface area (Å²) in [6.45, 7) is 10.3. The van der Waals surface area contributed by atoms with Crippen LogP contribution in [0.3, 0.4) is 0 Å². The van der Waals surface area contributed by atoms with E-state index in [0.29, 0.717) is 17.8 Å². The molecule has 0 amide bonds. The number of para-hydroxylation sites is 1. The molecule has 0 aromatic heterocycles. The van der Waals surface area contributed by atoms with Crippen LogP contribution >= 0.6 is 0 Å². The molecule has 0 atom stereocenters. The normalized spacial score (nSPS) is 20.6. The lowest BCUT2D eigenvalue weighted by atomic mass is 10.1. The Bertz CT molecular complexity index is 793. The van der Waals surface area contributed by atoms with Gasteiger partial charge in [0.05, 0.1) is 11.3 Å². The van der Waals surface area contributed by atoms with E-state index < -0.39 is 0 Å². The van der Waals surface area contributed by atoms with E-state index in [1.165, 1.54) is 12.8 Å². The first-order valence-electron chi connectivity index (χ1n) is 8.81. The molecule has 130 valence electrons. The van der Waals surface area contributed by atoms with Crippen molar-refractivity contribution in [2.75, 3.05) is 13.1 Å². The van der Waals surface area contributed by atoms with Crippen LogP contribution in [0.25, 0.3) is 0 Å². The number of hydrogen-bond donors (Lipinski definition) is 1. The van der Waals surface area contributed by atoms with E-state index in [0.717, 1.165) is 35.8 Å². The third kappa shape index (κ3) is 3.90. The van der Waals surface area contributed by atoms with Crippen molar-refractivity contribution in [2.24, 2.45) is 9.98 Å². The van der Waals surface area contributed by atoms with Gasteiger partial charge in [0.15, 0.2) is 5.84 Å². The molecule has 1 aromatic rings. The molecule has 25 heavy (non-hydrogen) atoms. The minimum Gasteiger partial charge on any atom is -0.507 e. The average Bonchev–Trinajstić information content (AvgIpc) is 3.09. The largest absolute Gasteiger partial charge is 0.507 e. The number of benzene rings is 1. The quantitative estimate of drug-likeness (QED) is 0.868. The summed E-state index contributed by atoms with van der Waals surface area (Å²) in [5.41, 5.74) is 3.56. The molecule has 4 nitrogen and oxygen atoms in total. The van der Waals surface area contributed by atoms with Crippen LogP contribution in [0, 0.1) is 0 Å². The summed E-state index contributed by atoms with van der Waals surface area (Å²) in [4.78, 5) is 11.9. The predicted molar refractivity (Wildman–Crippen MR) is 104 cm³/mol. The first-order valence-corrected chi connectivity index (χ1v) is 8.81. The van der Waals surface area contributed by atoms with Crippen LogP contribution in [-0.2, 0) is 0 Å². The standard InChI is InChI=1S/C21H25N3O/c1-4-15(2)13-18-16(3)14-20(24-11-7-8-12-24)23-21(22-18)17-9-5-6-10-19(17)25/h4-6,9-10,13,25H,3,7-8,11-12,14H2,1-2H3/b15-4-,18-13+. The van der Waals surface area contributed by atoms with E-state index in [-0.39, 0.29) is 5.75 Å². The van der Waals surface area contributed by atoms with Crippen molar-refractivity contribution in [1.29, 1.82) is 0 Å². The van der Waals surface area contributed by atoms with Gasteiger partial charge in [-0.2, -0.15) is 0 Å². The van der Waals surface area contributed by atoms with Gasteiger partial charge in [-0.05, 0) is 50.5 Å².